The molecular formula is C24H24N4O3. The first-order chi connectivity index (χ1) is 15.2. The van der Waals surface area contributed by atoms with Crippen molar-refractivity contribution in [2.24, 2.45) is 0 Å². The van der Waals surface area contributed by atoms with Crippen LogP contribution in [0.1, 0.15) is 34.3 Å². The molecule has 0 atom stereocenters. The second-order valence-corrected chi connectivity index (χ2v) is 7.93. The summed E-state index contributed by atoms with van der Waals surface area (Å²) in [5.41, 5.74) is 6.35. The highest BCUT2D eigenvalue weighted by Gasteiger charge is 2.25. The zero-order valence-corrected chi connectivity index (χ0v) is 17.6. The predicted molar refractivity (Wildman–Crippen MR) is 116 cm³/mol. The van der Waals surface area contributed by atoms with Gasteiger partial charge in [0.15, 0.2) is 11.5 Å². The molecule has 2 aromatic rings. The van der Waals surface area contributed by atoms with Gasteiger partial charge < -0.3 is 19.7 Å². The molecule has 1 saturated carbocycles. The first kappa shape index (κ1) is 19.4. The second kappa shape index (κ2) is 7.93. The van der Waals surface area contributed by atoms with Crippen LogP contribution in [0, 0.1) is 0 Å². The lowest BCUT2D eigenvalue weighted by Gasteiger charge is -2.30. The maximum atomic E-state index is 12.4. The van der Waals surface area contributed by atoms with E-state index < -0.39 is 0 Å². The van der Waals surface area contributed by atoms with Crippen LogP contribution >= 0.6 is 0 Å². The summed E-state index contributed by atoms with van der Waals surface area (Å²) < 4.78 is 10.9. The Morgan fingerprint density at radius 1 is 1.16 bits per heavy atom. The number of anilines is 1. The molecule has 0 spiro atoms. The number of benzene rings is 1. The van der Waals surface area contributed by atoms with Gasteiger partial charge in [0.2, 0.25) is 0 Å². The van der Waals surface area contributed by atoms with Crippen molar-refractivity contribution in [3.63, 3.8) is 0 Å². The van der Waals surface area contributed by atoms with E-state index in [-0.39, 0.29) is 5.91 Å². The molecule has 1 aromatic heterocycles. The highest BCUT2D eigenvalue weighted by molar-refractivity contribution is 5.94. The quantitative estimate of drug-likeness (QED) is 0.789. The Labute approximate surface area is 180 Å². The van der Waals surface area contributed by atoms with Gasteiger partial charge in [-0.25, -0.2) is 9.97 Å². The van der Waals surface area contributed by atoms with Crippen LogP contribution in [0.25, 0.3) is 11.8 Å². The topological polar surface area (TPSA) is 76.6 Å². The van der Waals surface area contributed by atoms with Crippen LogP contribution in [0.2, 0.25) is 0 Å². The number of fused-ring (bicyclic) bond motifs is 2. The minimum Gasteiger partial charge on any atom is -0.493 e. The molecule has 1 aliphatic heterocycles. The van der Waals surface area contributed by atoms with E-state index >= 15 is 0 Å². The Bertz CT molecular complexity index is 1240. The maximum absolute atomic E-state index is 12.4. The van der Waals surface area contributed by atoms with E-state index in [0.717, 1.165) is 42.4 Å². The number of aromatic nitrogens is 2. The summed E-state index contributed by atoms with van der Waals surface area (Å²) >= 11 is 0. The van der Waals surface area contributed by atoms with Crippen molar-refractivity contribution >= 4 is 23.5 Å². The molecule has 0 bridgehead atoms. The molecule has 31 heavy (non-hydrogen) atoms. The molecule has 0 unspecified atom stereocenters. The fraction of sp³-hybridized carbons (Fsp3) is 0.333. The van der Waals surface area contributed by atoms with E-state index in [0.29, 0.717) is 29.5 Å². The standard InChI is InChI=1S/C24H24N4O3/c1-30-21-8-7-20-19(12-22(21)31-2)23(26-14-25-20)28-10-9-15-11-16(3-4-17(15)13-28)24(29)27-18-5-6-18/h3-4,8,11-12,14,18H,5-6,9-10,13H2,1-2H3,(H,27,29). The smallest absolute Gasteiger partial charge is 0.251 e. The van der Waals surface area contributed by atoms with E-state index in [1.807, 2.05) is 18.2 Å². The van der Waals surface area contributed by atoms with Crippen molar-refractivity contribution in [3.8, 4) is 0 Å². The van der Waals surface area contributed by atoms with E-state index in [4.69, 9.17) is 9.47 Å². The Balaban J connectivity index is 1.47. The van der Waals surface area contributed by atoms with Crippen LogP contribution in [0.15, 0.2) is 42.1 Å². The molecular weight excluding hydrogens is 392 g/mol. The number of rotatable bonds is 5. The first-order valence-electron chi connectivity index (χ1n) is 10.5. The molecule has 2 heterocycles. The number of hydrogen-bond acceptors (Lipinski definition) is 6. The molecule has 1 aromatic carbocycles. The number of carbonyl (C=O) groups excluding carboxylic acids is 1. The summed E-state index contributed by atoms with van der Waals surface area (Å²) in [6.45, 7) is 1.51. The number of nitrogens with zero attached hydrogens (tertiary/aromatic N) is 3. The summed E-state index contributed by atoms with van der Waals surface area (Å²) in [6.07, 6.45) is 8.22. The largest absolute Gasteiger partial charge is 0.493 e. The van der Waals surface area contributed by atoms with Crippen molar-refractivity contribution in [2.75, 3.05) is 25.7 Å². The number of carbonyl (C=O) groups is 1. The van der Waals surface area contributed by atoms with Gasteiger partial charge in [-0.1, -0.05) is 11.8 Å². The molecule has 0 radical (unpaired) electrons. The van der Waals surface area contributed by atoms with Gasteiger partial charge in [0.25, 0.3) is 5.91 Å². The number of ether oxygens (including phenoxy) is 2. The average Bonchev–Trinajstić information content (AvgIpc) is 3.63. The lowest BCUT2D eigenvalue weighted by molar-refractivity contribution is 0.0951. The van der Waals surface area contributed by atoms with E-state index in [1.54, 1.807) is 26.6 Å². The SMILES string of the molecule is COC1=C(OC)C=c2c(N3CCc4cc(C(=O)NC5CC5)ccc4C3)ncnc2=C=C1. The molecule has 0 saturated heterocycles. The molecule has 1 fully saturated rings. The third-order valence-corrected chi connectivity index (χ3v) is 5.85. The summed E-state index contributed by atoms with van der Waals surface area (Å²) in [4.78, 5) is 23.6. The molecule has 3 aliphatic rings. The van der Waals surface area contributed by atoms with Gasteiger partial charge in [0.1, 0.15) is 17.5 Å². The molecule has 1 N–H and O–H groups in total. The lowest BCUT2D eigenvalue weighted by atomic mass is 9.97. The highest BCUT2D eigenvalue weighted by atomic mass is 16.5. The minimum absolute atomic E-state index is 0.0265. The van der Waals surface area contributed by atoms with Crippen LogP contribution in [-0.2, 0) is 22.4 Å². The van der Waals surface area contributed by atoms with Crippen molar-refractivity contribution in [2.45, 2.75) is 31.8 Å². The molecule has 7 nitrogen and oxygen atoms in total. The number of nitrogens with one attached hydrogen (secondary N) is 1. The summed E-state index contributed by atoms with van der Waals surface area (Å²) in [6, 6.07) is 6.37. The Hall–Kier alpha value is -3.57. The summed E-state index contributed by atoms with van der Waals surface area (Å²) in [5, 5.41) is 4.61. The van der Waals surface area contributed by atoms with Gasteiger partial charge in [0, 0.05) is 30.8 Å². The van der Waals surface area contributed by atoms with Crippen LogP contribution in [-0.4, -0.2) is 42.7 Å². The van der Waals surface area contributed by atoms with E-state index in [1.165, 1.54) is 11.1 Å². The summed E-state index contributed by atoms with van der Waals surface area (Å²) in [5.74, 6) is 2.05. The predicted octanol–water partition coefficient (Wildman–Crippen LogP) is 1.17. The maximum Gasteiger partial charge on any atom is 0.251 e. The fourth-order valence-electron chi connectivity index (χ4n) is 3.98. The van der Waals surface area contributed by atoms with Gasteiger partial charge in [-0.05, 0) is 48.6 Å². The van der Waals surface area contributed by atoms with Crippen molar-refractivity contribution < 1.29 is 14.3 Å². The zero-order chi connectivity index (χ0) is 21.4. The number of amides is 1. The Kier molecular flexibility index (Phi) is 4.96. The van der Waals surface area contributed by atoms with Crippen LogP contribution in [0.4, 0.5) is 5.82 Å². The third kappa shape index (κ3) is 3.80. The van der Waals surface area contributed by atoms with Gasteiger partial charge in [-0.15, -0.1) is 0 Å². The van der Waals surface area contributed by atoms with Gasteiger partial charge >= 0.3 is 0 Å². The zero-order valence-electron chi connectivity index (χ0n) is 17.6. The molecule has 5 rings (SSSR count). The number of allylic oxidation sites excluding steroid dienone is 2. The normalized spacial score (nSPS) is 17.0. The Morgan fingerprint density at radius 3 is 2.77 bits per heavy atom. The van der Waals surface area contributed by atoms with Gasteiger partial charge in [-0.2, -0.15) is 0 Å². The van der Waals surface area contributed by atoms with E-state index in [2.05, 4.69) is 32.0 Å². The van der Waals surface area contributed by atoms with Gasteiger partial charge in [-0.3, -0.25) is 4.79 Å². The first-order valence-corrected chi connectivity index (χ1v) is 10.5. The van der Waals surface area contributed by atoms with Crippen molar-refractivity contribution in [1.29, 1.82) is 0 Å². The lowest BCUT2D eigenvalue weighted by Crippen LogP contribution is -2.40. The monoisotopic (exact) mass is 416 g/mol. The molecule has 2 aliphatic carbocycles. The fourth-order valence-corrected chi connectivity index (χ4v) is 3.98. The minimum atomic E-state index is 0.0265. The molecule has 7 heteroatoms. The van der Waals surface area contributed by atoms with Crippen molar-refractivity contribution in [3.05, 3.63) is 69.4 Å². The Morgan fingerprint density at radius 2 is 2.00 bits per heavy atom. The van der Waals surface area contributed by atoms with Crippen molar-refractivity contribution in [1.82, 2.24) is 15.3 Å². The van der Waals surface area contributed by atoms with E-state index in [9.17, 15) is 4.79 Å². The summed E-state index contributed by atoms with van der Waals surface area (Å²) in [7, 11) is 3.21. The number of methoxy groups -OCH3 is 2. The molecule has 158 valence electrons. The van der Waals surface area contributed by atoms with Crippen LogP contribution in [0.5, 0.6) is 0 Å². The second-order valence-electron chi connectivity index (χ2n) is 7.93. The highest BCUT2D eigenvalue weighted by Crippen LogP contribution is 2.24. The average molecular weight is 416 g/mol. The van der Waals surface area contributed by atoms with Gasteiger partial charge in [0.05, 0.1) is 19.4 Å². The molecule has 1 amide bonds. The number of hydrogen-bond donors (Lipinski definition) is 1. The van der Waals surface area contributed by atoms with Crippen LogP contribution < -0.4 is 20.8 Å². The third-order valence-electron chi connectivity index (χ3n) is 5.85. The van der Waals surface area contributed by atoms with Crippen LogP contribution in [0.3, 0.4) is 0 Å².